The fourth-order valence-corrected chi connectivity index (χ4v) is 3.73. The van der Waals surface area contributed by atoms with Crippen LogP contribution in [0.15, 0.2) is 29.2 Å². The molecule has 0 aromatic heterocycles. The van der Waals surface area contributed by atoms with Crippen LogP contribution in [-0.4, -0.2) is 25.8 Å². The smallest absolute Gasteiger partial charge is 0.207 e. The third-order valence-electron chi connectivity index (χ3n) is 3.36. The van der Waals surface area contributed by atoms with Crippen molar-refractivity contribution in [1.82, 2.24) is 4.31 Å². The van der Waals surface area contributed by atoms with Gasteiger partial charge in [-0.05, 0) is 36.5 Å². The van der Waals surface area contributed by atoms with Crippen LogP contribution in [0.5, 0.6) is 0 Å². The van der Waals surface area contributed by atoms with Crippen molar-refractivity contribution in [1.29, 1.82) is 0 Å². The molecular formula is C13H19NO2S. The SMILES string of the molecule is CCc1ccc(S(=O)(=O)N2CC[C@H](C)C2)cc1. The minimum atomic E-state index is -3.26. The number of aryl methyl sites for hydroxylation is 1. The summed E-state index contributed by atoms with van der Waals surface area (Å²) in [5, 5.41) is 0. The first-order valence-electron chi connectivity index (χ1n) is 6.13. The molecule has 1 aliphatic rings. The van der Waals surface area contributed by atoms with E-state index in [1.807, 2.05) is 12.1 Å². The van der Waals surface area contributed by atoms with Gasteiger partial charge in [-0.25, -0.2) is 8.42 Å². The summed E-state index contributed by atoms with van der Waals surface area (Å²) in [6, 6.07) is 7.23. The highest BCUT2D eigenvalue weighted by atomic mass is 32.2. The van der Waals surface area contributed by atoms with Crippen LogP contribution in [0.25, 0.3) is 0 Å². The van der Waals surface area contributed by atoms with Gasteiger partial charge in [-0.1, -0.05) is 26.0 Å². The summed E-state index contributed by atoms with van der Waals surface area (Å²) in [6.07, 6.45) is 1.90. The highest BCUT2D eigenvalue weighted by Crippen LogP contribution is 2.24. The van der Waals surface area contributed by atoms with E-state index < -0.39 is 10.0 Å². The zero-order valence-corrected chi connectivity index (χ0v) is 11.2. The maximum Gasteiger partial charge on any atom is 0.243 e. The molecule has 17 heavy (non-hydrogen) atoms. The molecule has 0 radical (unpaired) electrons. The number of benzene rings is 1. The largest absolute Gasteiger partial charge is 0.243 e. The van der Waals surface area contributed by atoms with Gasteiger partial charge in [-0.2, -0.15) is 4.31 Å². The molecule has 1 fully saturated rings. The van der Waals surface area contributed by atoms with E-state index in [9.17, 15) is 8.42 Å². The molecule has 0 bridgehead atoms. The fraction of sp³-hybridized carbons (Fsp3) is 0.538. The lowest BCUT2D eigenvalue weighted by Gasteiger charge is -2.16. The summed E-state index contributed by atoms with van der Waals surface area (Å²) in [5.41, 5.74) is 1.17. The number of hydrogen-bond acceptors (Lipinski definition) is 2. The first kappa shape index (κ1) is 12.6. The Morgan fingerprint density at radius 3 is 2.41 bits per heavy atom. The number of nitrogens with zero attached hydrogens (tertiary/aromatic N) is 1. The van der Waals surface area contributed by atoms with Gasteiger partial charge in [0.2, 0.25) is 10.0 Å². The van der Waals surface area contributed by atoms with Gasteiger partial charge in [0.25, 0.3) is 0 Å². The zero-order chi connectivity index (χ0) is 12.5. The number of rotatable bonds is 3. The van der Waals surface area contributed by atoms with Crippen LogP contribution in [-0.2, 0) is 16.4 Å². The predicted molar refractivity (Wildman–Crippen MR) is 68.4 cm³/mol. The number of sulfonamides is 1. The lowest BCUT2D eigenvalue weighted by molar-refractivity contribution is 0.464. The first-order chi connectivity index (χ1) is 8.04. The molecule has 1 aliphatic heterocycles. The average Bonchev–Trinajstić information content (AvgIpc) is 2.77. The maximum absolute atomic E-state index is 12.3. The normalized spacial score (nSPS) is 21.9. The van der Waals surface area contributed by atoms with E-state index in [2.05, 4.69) is 13.8 Å². The Balaban J connectivity index is 2.25. The van der Waals surface area contributed by atoms with Crippen molar-refractivity contribution in [2.75, 3.05) is 13.1 Å². The van der Waals surface area contributed by atoms with E-state index in [4.69, 9.17) is 0 Å². The number of hydrogen-bond donors (Lipinski definition) is 0. The third-order valence-corrected chi connectivity index (χ3v) is 5.24. The average molecular weight is 253 g/mol. The van der Waals surface area contributed by atoms with Crippen LogP contribution in [0.2, 0.25) is 0 Å². The van der Waals surface area contributed by atoms with E-state index in [0.717, 1.165) is 12.8 Å². The first-order valence-corrected chi connectivity index (χ1v) is 7.57. The third kappa shape index (κ3) is 2.53. The van der Waals surface area contributed by atoms with E-state index in [1.54, 1.807) is 16.4 Å². The van der Waals surface area contributed by atoms with E-state index in [-0.39, 0.29) is 0 Å². The van der Waals surface area contributed by atoms with Crippen molar-refractivity contribution >= 4 is 10.0 Å². The molecular weight excluding hydrogens is 234 g/mol. The summed E-state index contributed by atoms with van der Waals surface area (Å²) in [7, 11) is -3.26. The van der Waals surface area contributed by atoms with Crippen LogP contribution >= 0.6 is 0 Å². The molecule has 1 saturated heterocycles. The lowest BCUT2D eigenvalue weighted by Crippen LogP contribution is -2.28. The topological polar surface area (TPSA) is 37.4 Å². The Morgan fingerprint density at radius 2 is 1.94 bits per heavy atom. The minimum absolute atomic E-state index is 0.420. The molecule has 1 aromatic carbocycles. The molecule has 4 heteroatoms. The molecule has 0 saturated carbocycles. The maximum atomic E-state index is 12.3. The highest BCUT2D eigenvalue weighted by Gasteiger charge is 2.30. The lowest BCUT2D eigenvalue weighted by atomic mass is 10.2. The molecule has 0 amide bonds. The van der Waals surface area contributed by atoms with Crippen LogP contribution in [0.1, 0.15) is 25.8 Å². The highest BCUT2D eigenvalue weighted by molar-refractivity contribution is 7.89. The van der Waals surface area contributed by atoms with Crippen LogP contribution < -0.4 is 0 Å². The van der Waals surface area contributed by atoms with Gasteiger partial charge in [0.05, 0.1) is 4.90 Å². The molecule has 1 aromatic rings. The molecule has 1 heterocycles. The monoisotopic (exact) mass is 253 g/mol. The van der Waals surface area contributed by atoms with Crippen molar-refractivity contribution in [2.45, 2.75) is 31.6 Å². The molecule has 94 valence electrons. The zero-order valence-electron chi connectivity index (χ0n) is 10.4. The molecule has 1 atom stereocenters. The van der Waals surface area contributed by atoms with Crippen molar-refractivity contribution < 1.29 is 8.42 Å². The van der Waals surface area contributed by atoms with Crippen LogP contribution in [0, 0.1) is 5.92 Å². The van der Waals surface area contributed by atoms with Crippen molar-refractivity contribution in [3.05, 3.63) is 29.8 Å². The Bertz CT molecular complexity index is 479. The molecule has 0 unspecified atom stereocenters. The molecule has 2 rings (SSSR count). The molecule has 3 nitrogen and oxygen atoms in total. The Labute approximate surface area is 104 Å². The summed E-state index contributed by atoms with van der Waals surface area (Å²) >= 11 is 0. The molecule has 0 N–H and O–H groups in total. The summed E-state index contributed by atoms with van der Waals surface area (Å²) in [6.45, 7) is 5.46. The Morgan fingerprint density at radius 1 is 1.29 bits per heavy atom. The van der Waals surface area contributed by atoms with Crippen molar-refractivity contribution in [2.24, 2.45) is 5.92 Å². The van der Waals surface area contributed by atoms with Crippen molar-refractivity contribution in [3.63, 3.8) is 0 Å². The molecule has 0 aliphatic carbocycles. The van der Waals surface area contributed by atoms with Gasteiger partial charge < -0.3 is 0 Å². The van der Waals surface area contributed by atoms with Gasteiger partial charge in [0.1, 0.15) is 0 Å². The standard InChI is InChI=1S/C13H19NO2S/c1-3-12-4-6-13(7-5-12)17(15,16)14-9-8-11(2)10-14/h4-7,11H,3,8-10H2,1-2H3/t11-/m0/s1. The van der Waals surface area contributed by atoms with Gasteiger partial charge in [-0.3, -0.25) is 0 Å². The summed E-state index contributed by atoms with van der Waals surface area (Å²) in [4.78, 5) is 0.420. The van der Waals surface area contributed by atoms with Crippen molar-refractivity contribution in [3.8, 4) is 0 Å². The van der Waals surface area contributed by atoms with Gasteiger partial charge in [-0.15, -0.1) is 0 Å². The summed E-state index contributed by atoms with van der Waals surface area (Å²) in [5.74, 6) is 0.472. The van der Waals surface area contributed by atoms with E-state index >= 15 is 0 Å². The second kappa shape index (κ2) is 4.78. The Kier molecular flexibility index (Phi) is 3.54. The van der Waals surface area contributed by atoms with Crippen LogP contribution in [0.4, 0.5) is 0 Å². The predicted octanol–water partition coefficient (Wildman–Crippen LogP) is 2.28. The van der Waals surface area contributed by atoms with Gasteiger partial charge in [0.15, 0.2) is 0 Å². The Hall–Kier alpha value is -0.870. The quantitative estimate of drug-likeness (QED) is 0.828. The second-order valence-corrected chi connectivity index (χ2v) is 6.69. The van der Waals surface area contributed by atoms with Gasteiger partial charge in [0, 0.05) is 13.1 Å². The van der Waals surface area contributed by atoms with E-state index in [0.29, 0.717) is 23.9 Å². The fourth-order valence-electron chi connectivity index (χ4n) is 2.16. The molecule has 0 spiro atoms. The second-order valence-electron chi connectivity index (χ2n) is 4.75. The van der Waals surface area contributed by atoms with E-state index in [1.165, 1.54) is 5.56 Å². The summed E-state index contributed by atoms with van der Waals surface area (Å²) < 4.78 is 26.2. The minimum Gasteiger partial charge on any atom is -0.207 e. The van der Waals surface area contributed by atoms with Gasteiger partial charge >= 0.3 is 0 Å². The van der Waals surface area contributed by atoms with Crippen LogP contribution in [0.3, 0.4) is 0 Å².